The van der Waals surface area contributed by atoms with Crippen LogP contribution in [0.4, 0.5) is 5.13 Å². The van der Waals surface area contributed by atoms with Crippen LogP contribution in [0.15, 0.2) is 48.5 Å². The summed E-state index contributed by atoms with van der Waals surface area (Å²) in [7, 11) is 0. The van der Waals surface area contributed by atoms with Crippen molar-refractivity contribution >= 4 is 51.9 Å². The van der Waals surface area contributed by atoms with E-state index in [0.29, 0.717) is 51.0 Å². The second-order valence-electron chi connectivity index (χ2n) is 6.42. The molecule has 2 aromatic carbocycles. The summed E-state index contributed by atoms with van der Waals surface area (Å²) >= 11 is 13.4. The average Bonchev–Trinajstić information content (AvgIpc) is 3.18. The minimum Gasteiger partial charge on any atom is -0.466 e. The van der Waals surface area contributed by atoms with Crippen molar-refractivity contribution in [1.29, 1.82) is 0 Å². The smallest absolute Gasteiger partial charge is 0.307 e. The molecule has 0 aliphatic rings. The predicted octanol–water partition coefficient (Wildman–Crippen LogP) is 5.89. The highest BCUT2D eigenvalue weighted by molar-refractivity contribution is 7.17. The molecular weight excluding hydrogens is 443 g/mol. The number of esters is 1. The molecule has 0 fully saturated rings. The number of carbonyl (C=O) groups is 2. The van der Waals surface area contributed by atoms with Crippen molar-refractivity contribution in [3.05, 3.63) is 69.0 Å². The van der Waals surface area contributed by atoms with Crippen molar-refractivity contribution in [1.82, 2.24) is 4.98 Å². The highest BCUT2D eigenvalue weighted by Gasteiger charge is 2.19. The quantitative estimate of drug-likeness (QED) is 0.293. The van der Waals surface area contributed by atoms with Gasteiger partial charge in [-0.25, -0.2) is 4.98 Å². The van der Waals surface area contributed by atoms with Gasteiger partial charge in [0.05, 0.1) is 33.6 Å². The molecule has 0 N–H and O–H groups in total. The van der Waals surface area contributed by atoms with E-state index in [1.54, 1.807) is 25.1 Å². The standard InChI is InChI=1S/C22H20Cl2N2O3S/c1-2-29-20(28)10-11-26(13-15-6-4-3-5-7-15)22-25-21(19(14-27)30-22)16-8-9-17(23)18(24)12-16/h3-9,12,14H,2,10-11,13H2,1H3. The van der Waals surface area contributed by atoms with E-state index in [1.165, 1.54) is 11.3 Å². The molecule has 30 heavy (non-hydrogen) atoms. The minimum absolute atomic E-state index is 0.221. The molecule has 0 amide bonds. The van der Waals surface area contributed by atoms with Gasteiger partial charge in [0.1, 0.15) is 0 Å². The van der Waals surface area contributed by atoms with Gasteiger partial charge in [0.25, 0.3) is 0 Å². The Morgan fingerprint density at radius 1 is 1.17 bits per heavy atom. The topological polar surface area (TPSA) is 59.5 Å². The van der Waals surface area contributed by atoms with Crippen LogP contribution in [0.25, 0.3) is 11.3 Å². The second kappa shape index (κ2) is 10.6. The summed E-state index contributed by atoms with van der Waals surface area (Å²) in [6, 6.07) is 15.0. The highest BCUT2D eigenvalue weighted by atomic mass is 35.5. The number of nitrogens with zero attached hydrogens (tertiary/aromatic N) is 2. The van der Waals surface area contributed by atoms with Gasteiger partial charge in [-0.05, 0) is 24.6 Å². The molecule has 3 rings (SSSR count). The molecule has 1 aromatic heterocycles. The molecule has 0 bridgehead atoms. The Bertz CT molecular complexity index is 1020. The first-order valence-corrected chi connectivity index (χ1v) is 10.9. The van der Waals surface area contributed by atoms with E-state index in [-0.39, 0.29) is 12.4 Å². The first-order valence-electron chi connectivity index (χ1n) is 9.37. The SMILES string of the molecule is CCOC(=O)CCN(Cc1ccccc1)c1nc(-c2ccc(Cl)c(Cl)c2)c(C=O)s1. The van der Waals surface area contributed by atoms with Crippen molar-refractivity contribution < 1.29 is 14.3 Å². The first kappa shape index (κ1) is 22.3. The van der Waals surface area contributed by atoms with E-state index >= 15 is 0 Å². The Morgan fingerprint density at radius 3 is 2.60 bits per heavy atom. The molecule has 3 aromatic rings. The third-order valence-electron chi connectivity index (χ3n) is 4.32. The Balaban J connectivity index is 1.93. The third-order valence-corrected chi connectivity index (χ3v) is 6.10. The first-order chi connectivity index (χ1) is 14.5. The predicted molar refractivity (Wildman–Crippen MR) is 122 cm³/mol. The van der Waals surface area contributed by atoms with Gasteiger partial charge in [0, 0.05) is 18.7 Å². The molecule has 0 unspecified atom stereocenters. The molecule has 1 heterocycles. The lowest BCUT2D eigenvalue weighted by Gasteiger charge is -2.21. The number of halogens is 2. The third kappa shape index (κ3) is 5.59. The number of anilines is 1. The lowest BCUT2D eigenvalue weighted by atomic mass is 10.1. The van der Waals surface area contributed by atoms with E-state index in [2.05, 4.69) is 0 Å². The molecule has 8 heteroatoms. The van der Waals surface area contributed by atoms with Gasteiger partial charge in [-0.1, -0.05) is 70.9 Å². The molecule has 0 radical (unpaired) electrons. The van der Waals surface area contributed by atoms with E-state index in [1.807, 2.05) is 35.2 Å². The van der Waals surface area contributed by atoms with Crippen LogP contribution in [0.1, 0.15) is 28.6 Å². The van der Waals surface area contributed by atoms with Crippen molar-refractivity contribution in [2.24, 2.45) is 0 Å². The minimum atomic E-state index is -0.271. The van der Waals surface area contributed by atoms with Crippen LogP contribution in [-0.2, 0) is 16.1 Å². The maximum absolute atomic E-state index is 11.9. The monoisotopic (exact) mass is 462 g/mol. The summed E-state index contributed by atoms with van der Waals surface area (Å²) in [6.07, 6.45) is 1.00. The summed E-state index contributed by atoms with van der Waals surface area (Å²) in [5, 5.41) is 1.47. The van der Waals surface area contributed by atoms with E-state index in [0.717, 1.165) is 11.8 Å². The number of benzene rings is 2. The number of aldehydes is 1. The molecule has 0 saturated heterocycles. The maximum Gasteiger partial charge on any atom is 0.307 e. The number of carbonyl (C=O) groups excluding carboxylic acids is 2. The highest BCUT2D eigenvalue weighted by Crippen LogP contribution is 2.35. The zero-order valence-electron chi connectivity index (χ0n) is 16.3. The van der Waals surface area contributed by atoms with Gasteiger partial charge in [0.15, 0.2) is 11.4 Å². The number of hydrogen-bond donors (Lipinski definition) is 0. The lowest BCUT2D eigenvalue weighted by Crippen LogP contribution is -2.26. The van der Waals surface area contributed by atoms with E-state index in [9.17, 15) is 9.59 Å². The van der Waals surface area contributed by atoms with Crippen LogP contribution in [0, 0.1) is 0 Å². The molecule has 5 nitrogen and oxygen atoms in total. The number of ether oxygens (including phenoxy) is 1. The number of hydrogen-bond acceptors (Lipinski definition) is 6. The van der Waals surface area contributed by atoms with Gasteiger partial charge in [0.2, 0.25) is 0 Å². The van der Waals surface area contributed by atoms with Crippen molar-refractivity contribution in [3.63, 3.8) is 0 Å². The molecule has 156 valence electrons. The fourth-order valence-corrected chi connectivity index (χ4v) is 4.12. The Hall–Kier alpha value is -2.41. The van der Waals surface area contributed by atoms with Crippen LogP contribution in [0.3, 0.4) is 0 Å². The van der Waals surface area contributed by atoms with Gasteiger partial charge < -0.3 is 9.64 Å². The molecule has 0 atom stereocenters. The Labute approximate surface area is 189 Å². The number of aromatic nitrogens is 1. The van der Waals surface area contributed by atoms with Crippen molar-refractivity contribution in [2.75, 3.05) is 18.1 Å². The Kier molecular flexibility index (Phi) is 7.85. The van der Waals surface area contributed by atoms with Crippen LogP contribution < -0.4 is 4.90 Å². The van der Waals surface area contributed by atoms with E-state index < -0.39 is 0 Å². The molecule has 0 saturated carbocycles. The summed E-state index contributed by atoms with van der Waals surface area (Å²) in [5.41, 5.74) is 2.32. The average molecular weight is 463 g/mol. The van der Waals surface area contributed by atoms with Gasteiger partial charge >= 0.3 is 5.97 Å². The van der Waals surface area contributed by atoms with Gasteiger partial charge in [-0.15, -0.1) is 0 Å². The summed E-state index contributed by atoms with van der Waals surface area (Å²) in [6.45, 7) is 3.08. The zero-order chi connectivity index (χ0) is 21.5. The summed E-state index contributed by atoms with van der Waals surface area (Å²) in [5.74, 6) is -0.271. The zero-order valence-corrected chi connectivity index (χ0v) is 18.6. The van der Waals surface area contributed by atoms with Crippen molar-refractivity contribution in [3.8, 4) is 11.3 Å². The maximum atomic E-state index is 11.9. The van der Waals surface area contributed by atoms with E-state index in [4.69, 9.17) is 32.9 Å². The second-order valence-corrected chi connectivity index (χ2v) is 8.24. The van der Waals surface area contributed by atoms with Crippen LogP contribution in [-0.4, -0.2) is 30.4 Å². The lowest BCUT2D eigenvalue weighted by molar-refractivity contribution is -0.142. The van der Waals surface area contributed by atoms with Crippen LogP contribution in [0.5, 0.6) is 0 Å². The van der Waals surface area contributed by atoms with Crippen molar-refractivity contribution in [2.45, 2.75) is 19.9 Å². The van der Waals surface area contributed by atoms with Gasteiger partial charge in [-0.3, -0.25) is 9.59 Å². The molecule has 0 aliphatic carbocycles. The molecular formula is C22H20Cl2N2O3S. The number of rotatable bonds is 9. The summed E-state index contributed by atoms with van der Waals surface area (Å²) < 4.78 is 5.06. The van der Waals surface area contributed by atoms with Crippen LogP contribution >= 0.6 is 34.5 Å². The molecule has 0 spiro atoms. The Morgan fingerprint density at radius 2 is 1.93 bits per heavy atom. The normalized spacial score (nSPS) is 10.6. The fourth-order valence-electron chi connectivity index (χ4n) is 2.89. The van der Waals surface area contributed by atoms with Gasteiger partial charge in [-0.2, -0.15) is 0 Å². The number of thiazole rings is 1. The van der Waals surface area contributed by atoms with Crippen LogP contribution in [0.2, 0.25) is 10.0 Å². The molecule has 0 aliphatic heterocycles. The largest absolute Gasteiger partial charge is 0.466 e. The fraction of sp³-hybridized carbons (Fsp3) is 0.227. The summed E-state index contributed by atoms with van der Waals surface area (Å²) in [4.78, 5) is 30.8.